The molecule has 0 saturated carbocycles. The van der Waals surface area contributed by atoms with Crippen LogP contribution >= 0.6 is 0 Å². The van der Waals surface area contributed by atoms with E-state index in [2.05, 4.69) is 22.4 Å². The number of nitrogens with two attached hydrogens (primary N) is 1. The molecular formula is C14H19N3O. The molecule has 1 aromatic carbocycles. The van der Waals surface area contributed by atoms with Crippen LogP contribution in [0.1, 0.15) is 11.6 Å². The first-order chi connectivity index (χ1) is 8.86. The lowest BCUT2D eigenvalue weighted by atomic mass is 10.0. The highest BCUT2D eigenvalue weighted by atomic mass is 16.5. The summed E-state index contributed by atoms with van der Waals surface area (Å²) in [6.45, 7) is 2.00. The third-order valence-electron chi connectivity index (χ3n) is 3.01. The molecule has 1 atom stereocenters. The summed E-state index contributed by atoms with van der Waals surface area (Å²) in [5.74, 6) is 0. The number of pyridine rings is 1. The largest absolute Gasteiger partial charge is 0.383 e. The van der Waals surface area contributed by atoms with E-state index in [4.69, 9.17) is 10.5 Å². The van der Waals surface area contributed by atoms with Crippen molar-refractivity contribution in [3.8, 4) is 0 Å². The second-order valence-electron chi connectivity index (χ2n) is 4.19. The Bertz CT molecular complexity index is 496. The van der Waals surface area contributed by atoms with Crippen LogP contribution in [0.25, 0.3) is 10.8 Å². The van der Waals surface area contributed by atoms with Crippen LogP contribution < -0.4 is 11.1 Å². The van der Waals surface area contributed by atoms with Crippen LogP contribution in [-0.4, -0.2) is 31.8 Å². The molecule has 4 heteroatoms. The summed E-state index contributed by atoms with van der Waals surface area (Å²) in [4.78, 5) is 4.28. The molecule has 96 valence electrons. The number of fused-ring (bicyclic) bond motifs is 1. The van der Waals surface area contributed by atoms with E-state index in [1.54, 1.807) is 7.11 Å². The molecule has 1 aromatic heterocycles. The molecule has 1 unspecified atom stereocenters. The van der Waals surface area contributed by atoms with E-state index in [1.807, 2.05) is 24.5 Å². The number of nitrogens with zero attached hydrogens (tertiary/aromatic N) is 1. The lowest BCUT2D eigenvalue weighted by Gasteiger charge is -2.18. The maximum atomic E-state index is 5.85. The first-order valence-corrected chi connectivity index (χ1v) is 6.12. The number of aromatic nitrogens is 1. The van der Waals surface area contributed by atoms with Gasteiger partial charge < -0.3 is 15.8 Å². The Morgan fingerprint density at radius 1 is 1.33 bits per heavy atom. The lowest BCUT2D eigenvalue weighted by molar-refractivity contribution is 0.196. The number of hydrogen-bond acceptors (Lipinski definition) is 4. The molecule has 0 fully saturated rings. The van der Waals surface area contributed by atoms with Crippen LogP contribution in [0.5, 0.6) is 0 Å². The number of rotatable bonds is 6. The van der Waals surface area contributed by atoms with Gasteiger partial charge in [0.15, 0.2) is 0 Å². The van der Waals surface area contributed by atoms with Crippen molar-refractivity contribution in [1.29, 1.82) is 0 Å². The summed E-state index contributed by atoms with van der Waals surface area (Å²) in [6, 6.07) is 8.33. The van der Waals surface area contributed by atoms with Crippen LogP contribution in [0.15, 0.2) is 36.7 Å². The van der Waals surface area contributed by atoms with E-state index < -0.39 is 0 Å². The fourth-order valence-corrected chi connectivity index (χ4v) is 2.07. The number of nitrogens with one attached hydrogen (secondary N) is 1. The van der Waals surface area contributed by atoms with Gasteiger partial charge in [-0.25, -0.2) is 0 Å². The Labute approximate surface area is 107 Å². The van der Waals surface area contributed by atoms with Gasteiger partial charge in [-0.3, -0.25) is 4.98 Å². The van der Waals surface area contributed by atoms with Gasteiger partial charge in [-0.1, -0.05) is 24.3 Å². The molecule has 2 aromatic rings. The van der Waals surface area contributed by atoms with Crippen molar-refractivity contribution in [3.05, 3.63) is 42.2 Å². The van der Waals surface area contributed by atoms with Crippen molar-refractivity contribution < 1.29 is 4.74 Å². The smallest absolute Gasteiger partial charge is 0.0587 e. The molecule has 0 aliphatic rings. The summed E-state index contributed by atoms with van der Waals surface area (Å²) in [7, 11) is 1.69. The van der Waals surface area contributed by atoms with Gasteiger partial charge >= 0.3 is 0 Å². The van der Waals surface area contributed by atoms with Gasteiger partial charge in [0.1, 0.15) is 0 Å². The van der Waals surface area contributed by atoms with Crippen molar-refractivity contribution in [2.24, 2.45) is 5.73 Å². The first-order valence-electron chi connectivity index (χ1n) is 6.12. The quantitative estimate of drug-likeness (QED) is 0.757. The molecule has 1 heterocycles. The van der Waals surface area contributed by atoms with Crippen LogP contribution in [0.4, 0.5) is 0 Å². The summed E-state index contributed by atoms with van der Waals surface area (Å²) < 4.78 is 5.04. The Balaban J connectivity index is 2.27. The monoisotopic (exact) mass is 245 g/mol. The topological polar surface area (TPSA) is 60.2 Å². The normalized spacial score (nSPS) is 12.8. The van der Waals surface area contributed by atoms with E-state index in [-0.39, 0.29) is 6.04 Å². The molecule has 4 nitrogen and oxygen atoms in total. The first kappa shape index (κ1) is 13.0. The minimum atomic E-state index is 0.110. The standard InChI is InChI=1S/C14H19N3O/c1-18-7-6-17-14(8-15)13-10-16-9-11-4-2-3-5-12(11)13/h2-5,9-10,14,17H,6-8,15H2,1H3. The van der Waals surface area contributed by atoms with Gasteiger partial charge in [0.2, 0.25) is 0 Å². The fraction of sp³-hybridized carbons (Fsp3) is 0.357. The number of methoxy groups -OCH3 is 1. The molecule has 0 saturated heterocycles. The van der Waals surface area contributed by atoms with Gasteiger partial charge in [-0.05, 0) is 10.9 Å². The average Bonchev–Trinajstić information content (AvgIpc) is 2.43. The highest BCUT2D eigenvalue weighted by Crippen LogP contribution is 2.22. The van der Waals surface area contributed by atoms with E-state index in [1.165, 1.54) is 5.39 Å². The zero-order chi connectivity index (χ0) is 12.8. The van der Waals surface area contributed by atoms with Gasteiger partial charge in [0, 0.05) is 44.0 Å². The Hall–Kier alpha value is -1.49. The SMILES string of the molecule is COCCNC(CN)c1cncc2ccccc12. The zero-order valence-electron chi connectivity index (χ0n) is 10.6. The predicted octanol–water partition coefficient (Wildman–Crippen LogP) is 1.47. The van der Waals surface area contributed by atoms with Crippen LogP contribution in [0, 0.1) is 0 Å². The zero-order valence-corrected chi connectivity index (χ0v) is 10.6. The molecular weight excluding hydrogens is 226 g/mol. The summed E-state index contributed by atoms with van der Waals surface area (Å²) >= 11 is 0. The molecule has 0 aliphatic heterocycles. The highest BCUT2D eigenvalue weighted by molar-refractivity contribution is 5.85. The summed E-state index contributed by atoms with van der Waals surface area (Å²) in [6.07, 6.45) is 3.77. The molecule has 2 rings (SSSR count). The van der Waals surface area contributed by atoms with Crippen molar-refractivity contribution in [1.82, 2.24) is 10.3 Å². The van der Waals surface area contributed by atoms with Crippen molar-refractivity contribution in [2.75, 3.05) is 26.8 Å². The average molecular weight is 245 g/mol. The van der Waals surface area contributed by atoms with E-state index in [9.17, 15) is 0 Å². The summed E-state index contributed by atoms with van der Waals surface area (Å²) in [5, 5.41) is 5.73. The van der Waals surface area contributed by atoms with E-state index >= 15 is 0 Å². The number of ether oxygens (including phenoxy) is 1. The van der Waals surface area contributed by atoms with Crippen molar-refractivity contribution in [2.45, 2.75) is 6.04 Å². The Morgan fingerprint density at radius 3 is 2.94 bits per heavy atom. The molecule has 0 amide bonds. The van der Waals surface area contributed by atoms with Crippen LogP contribution in [0.3, 0.4) is 0 Å². The molecule has 3 N–H and O–H groups in total. The third kappa shape index (κ3) is 2.85. The summed E-state index contributed by atoms with van der Waals surface area (Å²) in [5.41, 5.74) is 6.99. The maximum Gasteiger partial charge on any atom is 0.0587 e. The van der Waals surface area contributed by atoms with E-state index in [0.29, 0.717) is 13.2 Å². The molecule has 0 radical (unpaired) electrons. The minimum Gasteiger partial charge on any atom is -0.383 e. The predicted molar refractivity (Wildman–Crippen MR) is 73.4 cm³/mol. The van der Waals surface area contributed by atoms with Gasteiger partial charge in [0.25, 0.3) is 0 Å². The molecule has 18 heavy (non-hydrogen) atoms. The Kier molecular flexibility index (Phi) is 4.64. The van der Waals surface area contributed by atoms with Crippen LogP contribution in [-0.2, 0) is 4.74 Å². The maximum absolute atomic E-state index is 5.85. The van der Waals surface area contributed by atoms with Crippen LogP contribution in [0.2, 0.25) is 0 Å². The second kappa shape index (κ2) is 6.44. The highest BCUT2D eigenvalue weighted by Gasteiger charge is 2.12. The number of benzene rings is 1. The van der Waals surface area contributed by atoms with Crippen molar-refractivity contribution in [3.63, 3.8) is 0 Å². The van der Waals surface area contributed by atoms with E-state index in [0.717, 1.165) is 17.5 Å². The minimum absolute atomic E-state index is 0.110. The van der Waals surface area contributed by atoms with Gasteiger partial charge in [-0.2, -0.15) is 0 Å². The van der Waals surface area contributed by atoms with Gasteiger partial charge in [0.05, 0.1) is 6.61 Å². The third-order valence-corrected chi connectivity index (χ3v) is 3.01. The molecule has 0 bridgehead atoms. The second-order valence-corrected chi connectivity index (χ2v) is 4.19. The van der Waals surface area contributed by atoms with Crippen molar-refractivity contribution >= 4 is 10.8 Å². The molecule has 0 spiro atoms. The number of hydrogen-bond donors (Lipinski definition) is 2. The van der Waals surface area contributed by atoms with Gasteiger partial charge in [-0.15, -0.1) is 0 Å². The molecule has 0 aliphatic carbocycles. The Morgan fingerprint density at radius 2 is 2.17 bits per heavy atom. The lowest BCUT2D eigenvalue weighted by Crippen LogP contribution is -2.31. The fourth-order valence-electron chi connectivity index (χ4n) is 2.07.